The van der Waals surface area contributed by atoms with Gasteiger partial charge >= 0.3 is 0 Å². The van der Waals surface area contributed by atoms with E-state index in [4.69, 9.17) is 16.3 Å². The quantitative estimate of drug-likeness (QED) is 0.564. The van der Waals surface area contributed by atoms with Gasteiger partial charge in [-0.2, -0.15) is 0 Å². The van der Waals surface area contributed by atoms with Crippen LogP contribution in [0.15, 0.2) is 36.9 Å². The third-order valence-electron chi connectivity index (χ3n) is 1.74. The van der Waals surface area contributed by atoms with E-state index < -0.39 is 5.24 Å². The smallest absolute Gasteiger partial charge is 0.252 e. The predicted molar refractivity (Wildman–Crippen MR) is 56.9 cm³/mol. The van der Waals surface area contributed by atoms with Crippen LogP contribution in [0.1, 0.15) is 17.3 Å². The lowest BCUT2D eigenvalue weighted by Crippen LogP contribution is -2.07. The van der Waals surface area contributed by atoms with Gasteiger partial charge in [0.05, 0.1) is 0 Å². The van der Waals surface area contributed by atoms with Gasteiger partial charge in [0.15, 0.2) is 0 Å². The van der Waals surface area contributed by atoms with Crippen LogP contribution in [0.25, 0.3) is 0 Å². The molecule has 0 aromatic heterocycles. The van der Waals surface area contributed by atoms with Crippen LogP contribution < -0.4 is 4.74 Å². The molecule has 0 saturated heterocycles. The number of carbonyl (C=O) groups is 1. The fourth-order valence-electron chi connectivity index (χ4n) is 0.927. The van der Waals surface area contributed by atoms with E-state index in [-0.39, 0.29) is 6.10 Å². The van der Waals surface area contributed by atoms with Crippen LogP contribution in [0.5, 0.6) is 5.75 Å². The zero-order valence-corrected chi connectivity index (χ0v) is 8.62. The van der Waals surface area contributed by atoms with E-state index in [0.29, 0.717) is 11.3 Å². The Morgan fingerprint density at radius 3 is 2.50 bits per heavy atom. The Morgan fingerprint density at radius 2 is 2.07 bits per heavy atom. The van der Waals surface area contributed by atoms with E-state index in [1.165, 1.54) is 0 Å². The topological polar surface area (TPSA) is 26.3 Å². The van der Waals surface area contributed by atoms with Gasteiger partial charge in [-0.05, 0) is 42.8 Å². The minimum atomic E-state index is -0.465. The highest BCUT2D eigenvalue weighted by molar-refractivity contribution is 6.67. The molecule has 1 unspecified atom stereocenters. The van der Waals surface area contributed by atoms with Crippen LogP contribution in [0, 0.1) is 0 Å². The maximum absolute atomic E-state index is 10.7. The molecular weight excluding hydrogens is 200 g/mol. The summed E-state index contributed by atoms with van der Waals surface area (Å²) in [6.07, 6.45) is 1.65. The van der Waals surface area contributed by atoms with E-state index in [0.717, 1.165) is 0 Å². The Kier molecular flexibility index (Phi) is 3.72. The Balaban J connectivity index is 2.73. The fourth-order valence-corrected chi connectivity index (χ4v) is 1.05. The Hall–Kier alpha value is -1.28. The first kappa shape index (κ1) is 10.8. The highest BCUT2D eigenvalue weighted by atomic mass is 35.5. The average Bonchev–Trinajstić information content (AvgIpc) is 2.18. The maximum Gasteiger partial charge on any atom is 0.252 e. The van der Waals surface area contributed by atoms with E-state index >= 15 is 0 Å². The summed E-state index contributed by atoms with van der Waals surface area (Å²) >= 11 is 5.29. The molecule has 1 rings (SSSR count). The van der Waals surface area contributed by atoms with E-state index in [1.807, 2.05) is 6.92 Å². The normalized spacial score (nSPS) is 11.9. The first-order chi connectivity index (χ1) is 6.63. The van der Waals surface area contributed by atoms with Gasteiger partial charge in [-0.1, -0.05) is 12.7 Å². The summed E-state index contributed by atoms with van der Waals surface area (Å²) in [6.45, 7) is 5.48. The standard InChI is InChI=1S/C11H11ClO2/c1-3-8(2)14-10-6-4-9(5-7-10)11(12)13/h3-8H,1H2,2H3. The summed E-state index contributed by atoms with van der Waals surface area (Å²) in [5.41, 5.74) is 0.463. The molecule has 0 heterocycles. The Morgan fingerprint density at radius 1 is 1.50 bits per heavy atom. The molecule has 0 spiro atoms. The molecule has 14 heavy (non-hydrogen) atoms. The summed E-state index contributed by atoms with van der Waals surface area (Å²) in [7, 11) is 0. The largest absolute Gasteiger partial charge is 0.487 e. The van der Waals surface area contributed by atoms with Gasteiger partial charge in [-0.15, -0.1) is 0 Å². The molecule has 1 aromatic rings. The van der Waals surface area contributed by atoms with Crippen LogP contribution in [-0.4, -0.2) is 11.3 Å². The lowest BCUT2D eigenvalue weighted by Gasteiger charge is -2.09. The monoisotopic (exact) mass is 210 g/mol. The molecule has 0 aliphatic heterocycles. The summed E-state index contributed by atoms with van der Waals surface area (Å²) < 4.78 is 5.43. The summed E-state index contributed by atoms with van der Waals surface area (Å²) in [4.78, 5) is 10.7. The number of carbonyl (C=O) groups excluding carboxylic acids is 1. The molecule has 3 heteroatoms. The van der Waals surface area contributed by atoms with Gasteiger partial charge in [-0.25, -0.2) is 0 Å². The van der Waals surface area contributed by atoms with Gasteiger partial charge in [0.2, 0.25) is 0 Å². The van der Waals surface area contributed by atoms with E-state index in [1.54, 1.807) is 30.3 Å². The highest BCUT2D eigenvalue weighted by Gasteiger charge is 2.02. The second-order valence-electron chi connectivity index (χ2n) is 2.86. The van der Waals surface area contributed by atoms with Crippen molar-refractivity contribution in [1.29, 1.82) is 0 Å². The van der Waals surface area contributed by atoms with Crippen LogP contribution in [0.2, 0.25) is 0 Å². The van der Waals surface area contributed by atoms with Crippen LogP contribution >= 0.6 is 11.6 Å². The second kappa shape index (κ2) is 4.82. The van der Waals surface area contributed by atoms with Crippen molar-refractivity contribution in [2.24, 2.45) is 0 Å². The highest BCUT2D eigenvalue weighted by Crippen LogP contribution is 2.15. The number of halogens is 1. The van der Waals surface area contributed by atoms with Crippen molar-refractivity contribution in [2.75, 3.05) is 0 Å². The van der Waals surface area contributed by atoms with Gasteiger partial charge in [0.1, 0.15) is 11.9 Å². The first-order valence-electron chi connectivity index (χ1n) is 4.22. The molecule has 0 aliphatic rings. The third kappa shape index (κ3) is 2.89. The molecule has 0 radical (unpaired) electrons. The van der Waals surface area contributed by atoms with Crippen molar-refractivity contribution < 1.29 is 9.53 Å². The molecule has 2 nitrogen and oxygen atoms in total. The van der Waals surface area contributed by atoms with Crippen LogP contribution in [0.4, 0.5) is 0 Å². The molecule has 0 N–H and O–H groups in total. The zero-order chi connectivity index (χ0) is 10.6. The van der Waals surface area contributed by atoms with Crippen molar-refractivity contribution in [2.45, 2.75) is 13.0 Å². The first-order valence-corrected chi connectivity index (χ1v) is 4.60. The second-order valence-corrected chi connectivity index (χ2v) is 3.20. The predicted octanol–water partition coefficient (Wildman–Crippen LogP) is 3.02. The summed E-state index contributed by atoms with van der Waals surface area (Å²) in [5.74, 6) is 0.694. The fraction of sp³-hybridized carbons (Fsp3) is 0.182. The van der Waals surface area contributed by atoms with Crippen molar-refractivity contribution in [3.63, 3.8) is 0 Å². The van der Waals surface area contributed by atoms with Crippen LogP contribution in [-0.2, 0) is 0 Å². The Bertz CT molecular complexity index is 330. The minimum absolute atomic E-state index is 0.0486. The van der Waals surface area contributed by atoms with Gasteiger partial charge < -0.3 is 4.74 Å². The summed E-state index contributed by atoms with van der Waals surface area (Å²) in [5, 5.41) is -0.465. The lowest BCUT2D eigenvalue weighted by atomic mass is 10.2. The van der Waals surface area contributed by atoms with Crippen molar-refractivity contribution >= 4 is 16.8 Å². The molecular formula is C11H11ClO2. The van der Waals surface area contributed by atoms with E-state index in [2.05, 4.69) is 6.58 Å². The molecule has 1 atom stereocenters. The van der Waals surface area contributed by atoms with Gasteiger partial charge in [-0.3, -0.25) is 4.79 Å². The SMILES string of the molecule is C=CC(C)Oc1ccc(C(=O)Cl)cc1. The molecule has 0 aliphatic carbocycles. The number of benzene rings is 1. The Labute approximate surface area is 88.1 Å². The average molecular weight is 211 g/mol. The number of hydrogen-bond donors (Lipinski definition) is 0. The number of rotatable bonds is 4. The number of ether oxygens (including phenoxy) is 1. The van der Waals surface area contributed by atoms with E-state index in [9.17, 15) is 4.79 Å². The maximum atomic E-state index is 10.7. The van der Waals surface area contributed by atoms with Gasteiger partial charge in [0, 0.05) is 5.56 Å². The minimum Gasteiger partial charge on any atom is -0.487 e. The van der Waals surface area contributed by atoms with Crippen LogP contribution in [0.3, 0.4) is 0 Å². The van der Waals surface area contributed by atoms with Gasteiger partial charge in [0.25, 0.3) is 5.24 Å². The van der Waals surface area contributed by atoms with Crippen molar-refractivity contribution in [3.05, 3.63) is 42.5 Å². The molecule has 0 amide bonds. The molecule has 74 valence electrons. The van der Waals surface area contributed by atoms with Crippen molar-refractivity contribution in [3.8, 4) is 5.75 Å². The number of hydrogen-bond acceptors (Lipinski definition) is 2. The molecule has 0 fully saturated rings. The molecule has 0 saturated carbocycles. The lowest BCUT2D eigenvalue weighted by molar-refractivity contribution is 0.108. The zero-order valence-electron chi connectivity index (χ0n) is 7.87. The molecule has 0 bridgehead atoms. The third-order valence-corrected chi connectivity index (χ3v) is 1.95. The summed E-state index contributed by atoms with van der Waals surface area (Å²) in [6, 6.07) is 6.66. The van der Waals surface area contributed by atoms with Crippen molar-refractivity contribution in [1.82, 2.24) is 0 Å². The molecule has 1 aromatic carbocycles.